The summed E-state index contributed by atoms with van der Waals surface area (Å²) in [7, 11) is 0. The zero-order valence-corrected chi connectivity index (χ0v) is 14.2. The first-order valence-corrected chi connectivity index (χ1v) is 8.72. The van der Waals surface area contributed by atoms with Gasteiger partial charge in [-0.3, -0.25) is 9.36 Å². The molecule has 3 aromatic heterocycles. The maximum atomic E-state index is 13.6. The number of hydrogen-bond acceptors (Lipinski definition) is 4. The van der Waals surface area contributed by atoms with Crippen LogP contribution in [0.2, 0.25) is 5.15 Å². The molecule has 0 N–H and O–H groups in total. The highest BCUT2D eigenvalue weighted by Gasteiger charge is 2.71. The predicted octanol–water partition coefficient (Wildman–Crippen LogP) is 3.59. The summed E-state index contributed by atoms with van der Waals surface area (Å²) in [6.07, 6.45) is 3.67. The second kappa shape index (κ2) is 5.30. The van der Waals surface area contributed by atoms with Crippen LogP contribution in [0.3, 0.4) is 0 Å². The first-order chi connectivity index (χ1) is 12.5. The molecular formula is C18H13ClF2N4O. The van der Waals surface area contributed by atoms with E-state index >= 15 is 0 Å². The van der Waals surface area contributed by atoms with Crippen molar-refractivity contribution >= 4 is 22.6 Å². The van der Waals surface area contributed by atoms with Crippen LogP contribution < -0.4 is 5.56 Å². The van der Waals surface area contributed by atoms with E-state index in [0.717, 1.165) is 0 Å². The van der Waals surface area contributed by atoms with E-state index < -0.39 is 17.8 Å². The molecule has 0 bridgehead atoms. The van der Waals surface area contributed by atoms with E-state index in [1.807, 2.05) is 0 Å². The molecule has 0 spiro atoms. The highest BCUT2D eigenvalue weighted by atomic mass is 35.5. The number of halogens is 3. The average Bonchev–Trinajstić information content (AvgIpc) is 2.99. The fourth-order valence-electron chi connectivity index (χ4n) is 4.08. The summed E-state index contributed by atoms with van der Waals surface area (Å²) in [6, 6.07) is 6.66. The van der Waals surface area contributed by atoms with Gasteiger partial charge in [0.1, 0.15) is 11.0 Å². The smallest absolute Gasteiger partial charge is 0.266 e. The lowest BCUT2D eigenvalue weighted by Crippen LogP contribution is -2.27. The van der Waals surface area contributed by atoms with Crippen molar-refractivity contribution in [3.05, 3.63) is 58.0 Å². The number of fused-ring (bicyclic) bond motifs is 2. The summed E-state index contributed by atoms with van der Waals surface area (Å²) in [5.74, 6) is -3.49. The zero-order valence-electron chi connectivity index (χ0n) is 13.4. The van der Waals surface area contributed by atoms with Crippen LogP contribution in [0, 0.1) is 11.8 Å². The molecule has 5 nitrogen and oxygen atoms in total. The Bertz CT molecular complexity index is 1070. The third-order valence-corrected chi connectivity index (χ3v) is 5.66. The van der Waals surface area contributed by atoms with Gasteiger partial charge in [0.05, 0.1) is 17.4 Å². The van der Waals surface area contributed by atoms with Gasteiger partial charge < -0.3 is 0 Å². The van der Waals surface area contributed by atoms with Crippen LogP contribution >= 0.6 is 11.6 Å². The van der Waals surface area contributed by atoms with Gasteiger partial charge in [0.15, 0.2) is 5.52 Å². The second-order valence-electron chi connectivity index (χ2n) is 6.88. The van der Waals surface area contributed by atoms with Gasteiger partial charge in [-0.05, 0) is 37.1 Å². The number of nitrogens with zero attached hydrogens (tertiary/aromatic N) is 4. The SMILES string of the molecule is O=c1c2ncccc2nc([C@H]2C[C@@H]3[C@H](C2)C3(F)F)n1-c1ccc(Cl)nc1. The van der Waals surface area contributed by atoms with E-state index in [9.17, 15) is 13.6 Å². The molecule has 3 atom stereocenters. The van der Waals surface area contributed by atoms with Crippen LogP contribution in [-0.4, -0.2) is 25.4 Å². The molecule has 2 fully saturated rings. The fraction of sp³-hybridized carbons (Fsp3) is 0.333. The van der Waals surface area contributed by atoms with Crippen LogP contribution in [-0.2, 0) is 0 Å². The van der Waals surface area contributed by atoms with Gasteiger partial charge in [-0.2, -0.15) is 0 Å². The summed E-state index contributed by atoms with van der Waals surface area (Å²) in [6.45, 7) is 0. The van der Waals surface area contributed by atoms with Gasteiger partial charge in [0.25, 0.3) is 11.5 Å². The van der Waals surface area contributed by atoms with Gasteiger partial charge in [-0.1, -0.05) is 11.6 Å². The van der Waals surface area contributed by atoms with Crippen molar-refractivity contribution in [2.24, 2.45) is 11.8 Å². The normalized spacial score (nSPS) is 26.0. The molecule has 5 rings (SSSR count). The van der Waals surface area contributed by atoms with E-state index in [-0.39, 0.29) is 17.0 Å². The lowest BCUT2D eigenvalue weighted by Gasteiger charge is -2.19. The Balaban J connectivity index is 1.70. The minimum atomic E-state index is -2.57. The first-order valence-electron chi connectivity index (χ1n) is 8.34. The van der Waals surface area contributed by atoms with Crippen molar-refractivity contribution in [3.8, 4) is 5.69 Å². The maximum Gasteiger partial charge on any atom is 0.284 e. The Kier molecular flexibility index (Phi) is 3.22. The Hall–Kier alpha value is -2.41. The molecule has 0 aliphatic heterocycles. The van der Waals surface area contributed by atoms with Crippen molar-refractivity contribution in [1.29, 1.82) is 0 Å². The van der Waals surface area contributed by atoms with E-state index in [4.69, 9.17) is 11.6 Å². The van der Waals surface area contributed by atoms with Crippen LogP contribution in [0.4, 0.5) is 8.78 Å². The largest absolute Gasteiger partial charge is 0.284 e. The molecule has 0 aromatic carbocycles. The number of pyridine rings is 2. The molecule has 0 amide bonds. The monoisotopic (exact) mass is 374 g/mol. The highest BCUT2D eigenvalue weighted by molar-refractivity contribution is 6.29. The molecular weight excluding hydrogens is 362 g/mol. The van der Waals surface area contributed by atoms with Crippen molar-refractivity contribution < 1.29 is 8.78 Å². The van der Waals surface area contributed by atoms with Gasteiger partial charge in [-0.25, -0.2) is 23.7 Å². The van der Waals surface area contributed by atoms with Crippen molar-refractivity contribution in [1.82, 2.24) is 19.5 Å². The molecule has 26 heavy (non-hydrogen) atoms. The standard InChI is InChI=1S/C18H13ClF2N4O/c19-14-4-3-10(8-23-14)25-16(9-6-11-12(7-9)18(11,20)21)24-13-2-1-5-22-15(13)17(25)26/h1-5,8-9,11-12H,6-7H2/t9-,11+,12-. The average molecular weight is 375 g/mol. The topological polar surface area (TPSA) is 60.7 Å². The third-order valence-electron chi connectivity index (χ3n) is 5.43. The molecule has 8 heteroatoms. The molecule has 0 unspecified atom stereocenters. The summed E-state index contributed by atoms with van der Waals surface area (Å²) in [5, 5.41) is 0.303. The third kappa shape index (κ3) is 2.19. The Morgan fingerprint density at radius 2 is 1.92 bits per heavy atom. The minimum Gasteiger partial charge on any atom is -0.266 e. The van der Waals surface area contributed by atoms with Gasteiger partial charge in [0.2, 0.25) is 0 Å². The summed E-state index contributed by atoms with van der Waals surface area (Å²) < 4.78 is 28.7. The van der Waals surface area contributed by atoms with E-state index in [0.29, 0.717) is 35.0 Å². The summed E-state index contributed by atoms with van der Waals surface area (Å²) in [5.41, 5.74) is 0.876. The van der Waals surface area contributed by atoms with Crippen LogP contribution in [0.1, 0.15) is 24.6 Å². The Morgan fingerprint density at radius 3 is 2.62 bits per heavy atom. The molecule has 0 radical (unpaired) electrons. The molecule has 0 saturated heterocycles. The molecule has 3 aromatic rings. The van der Waals surface area contributed by atoms with E-state index in [2.05, 4.69) is 15.0 Å². The van der Waals surface area contributed by atoms with Gasteiger partial charge >= 0.3 is 0 Å². The molecule has 3 heterocycles. The molecule has 2 aliphatic rings. The van der Waals surface area contributed by atoms with E-state index in [1.165, 1.54) is 17.0 Å². The van der Waals surface area contributed by atoms with Gasteiger partial charge in [-0.15, -0.1) is 0 Å². The summed E-state index contributed by atoms with van der Waals surface area (Å²) in [4.78, 5) is 25.8. The van der Waals surface area contributed by atoms with E-state index in [1.54, 1.807) is 24.3 Å². The van der Waals surface area contributed by atoms with Crippen molar-refractivity contribution in [2.75, 3.05) is 0 Å². The maximum absolute atomic E-state index is 13.6. The van der Waals surface area contributed by atoms with Crippen LogP contribution in [0.15, 0.2) is 41.5 Å². The molecule has 132 valence electrons. The Labute approximate surface area is 151 Å². The van der Waals surface area contributed by atoms with Gasteiger partial charge in [0, 0.05) is 24.0 Å². The second-order valence-corrected chi connectivity index (χ2v) is 7.26. The molecule has 2 saturated carbocycles. The van der Waals surface area contributed by atoms with Crippen LogP contribution in [0.5, 0.6) is 0 Å². The van der Waals surface area contributed by atoms with Crippen molar-refractivity contribution in [2.45, 2.75) is 24.7 Å². The lowest BCUT2D eigenvalue weighted by atomic mass is 10.0. The zero-order chi connectivity index (χ0) is 18.1. The minimum absolute atomic E-state index is 0.197. The predicted molar refractivity (Wildman–Crippen MR) is 91.8 cm³/mol. The highest BCUT2D eigenvalue weighted by Crippen LogP contribution is 2.67. The van der Waals surface area contributed by atoms with Crippen molar-refractivity contribution in [3.63, 3.8) is 0 Å². The fourth-order valence-corrected chi connectivity index (χ4v) is 4.19. The lowest BCUT2D eigenvalue weighted by molar-refractivity contribution is 0.0689. The number of aromatic nitrogens is 4. The first kappa shape index (κ1) is 15.8. The quantitative estimate of drug-likeness (QED) is 0.643. The number of rotatable bonds is 2. The number of alkyl halides is 2. The Morgan fingerprint density at radius 1 is 1.15 bits per heavy atom. The van der Waals surface area contributed by atoms with Crippen LogP contribution in [0.25, 0.3) is 16.7 Å². The number of hydrogen-bond donors (Lipinski definition) is 0. The molecule has 2 aliphatic carbocycles. The summed E-state index contributed by atoms with van der Waals surface area (Å²) >= 11 is 5.85.